The molecule has 0 aliphatic carbocycles. The number of carbonyl (C=O) groups is 3. The smallest absolute Gasteiger partial charge is 0.246 e. The van der Waals surface area contributed by atoms with Gasteiger partial charge in [-0.25, -0.2) is 0 Å². The summed E-state index contributed by atoms with van der Waals surface area (Å²) in [4.78, 5) is 40.9. The lowest BCUT2D eigenvalue weighted by molar-refractivity contribution is -0.134. The Morgan fingerprint density at radius 2 is 1.73 bits per heavy atom. The lowest BCUT2D eigenvalue weighted by Crippen LogP contribution is -2.44. The number of nitrogens with one attached hydrogen (secondary N) is 1. The van der Waals surface area contributed by atoms with E-state index in [0.717, 1.165) is 43.7 Å². The molecule has 3 amide bonds. The van der Waals surface area contributed by atoms with Gasteiger partial charge in [-0.2, -0.15) is 0 Å². The highest BCUT2D eigenvalue weighted by Gasteiger charge is 2.42. The number of carbonyl (C=O) groups excluding carboxylic acids is 3. The van der Waals surface area contributed by atoms with E-state index in [1.54, 1.807) is 30.4 Å². The average Bonchev–Trinajstić information content (AvgIpc) is 3.30. The van der Waals surface area contributed by atoms with Crippen molar-refractivity contribution in [2.24, 2.45) is 5.41 Å². The zero-order valence-electron chi connectivity index (χ0n) is 21.2. The highest BCUT2D eigenvalue weighted by atomic mass is 35.5. The molecule has 37 heavy (non-hydrogen) atoms. The molecule has 0 aromatic heterocycles. The molecule has 4 rings (SSSR count). The van der Waals surface area contributed by atoms with Gasteiger partial charge in [0.15, 0.2) is 0 Å². The molecule has 7 nitrogen and oxygen atoms in total. The van der Waals surface area contributed by atoms with E-state index < -0.39 is 0 Å². The summed E-state index contributed by atoms with van der Waals surface area (Å²) in [6.45, 7) is 4.86. The van der Waals surface area contributed by atoms with Gasteiger partial charge in [-0.15, -0.1) is 0 Å². The normalized spacial score (nSPS) is 16.8. The number of hydrogen-bond acceptors (Lipinski definition) is 4. The summed E-state index contributed by atoms with van der Waals surface area (Å²) in [5, 5.41) is 3.27. The topological polar surface area (TPSA) is 79.0 Å². The molecule has 2 heterocycles. The van der Waals surface area contributed by atoms with E-state index in [4.69, 9.17) is 16.3 Å². The third-order valence-corrected chi connectivity index (χ3v) is 7.44. The highest BCUT2D eigenvalue weighted by Crippen LogP contribution is 2.40. The number of halogens is 1. The molecular weight excluding hydrogens is 490 g/mol. The van der Waals surface area contributed by atoms with E-state index >= 15 is 0 Å². The number of likely N-dealkylation sites (tertiary alicyclic amines) is 2. The van der Waals surface area contributed by atoms with Crippen LogP contribution in [0.15, 0.2) is 54.6 Å². The van der Waals surface area contributed by atoms with Crippen molar-refractivity contribution in [1.29, 1.82) is 0 Å². The first kappa shape index (κ1) is 26.7. The van der Waals surface area contributed by atoms with Gasteiger partial charge in [-0.1, -0.05) is 35.9 Å². The summed E-state index contributed by atoms with van der Waals surface area (Å²) >= 11 is 6.05. The van der Waals surface area contributed by atoms with Crippen LogP contribution in [0.2, 0.25) is 5.02 Å². The molecule has 0 atom stereocenters. The van der Waals surface area contributed by atoms with Gasteiger partial charge in [0, 0.05) is 56.3 Å². The van der Waals surface area contributed by atoms with Gasteiger partial charge in [-0.3, -0.25) is 14.4 Å². The van der Waals surface area contributed by atoms with E-state index in [9.17, 15) is 14.4 Å². The summed E-state index contributed by atoms with van der Waals surface area (Å²) in [5.74, 6) is 0.761. The molecule has 2 fully saturated rings. The molecule has 2 saturated heterocycles. The van der Waals surface area contributed by atoms with E-state index in [1.807, 2.05) is 40.1 Å². The van der Waals surface area contributed by atoms with E-state index in [1.165, 1.54) is 6.92 Å². The summed E-state index contributed by atoms with van der Waals surface area (Å²) in [6, 6.07) is 14.8. The van der Waals surface area contributed by atoms with Crippen molar-refractivity contribution >= 4 is 41.1 Å². The Kier molecular flexibility index (Phi) is 8.87. The second-order valence-electron chi connectivity index (χ2n) is 9.90. The first-order valence-corrected chi connectivity index (χ1v) is 13.2. The van der Waals surface area contributed by atoms with Crippen LogP contribution in [-0.4, -0.2) is 60.3 Å². The Hall–Kier alpha value is -3.32. The van der Waals surface area contributed by atoms with Crippen LogP contribution in [0.1, 0.15) is 44.6 Å². The van der Waals surface area contributed by atoms with Crippen molar-refractivity contribution in [3.05, 3.63) is 65.2 Å². The maximum absolute atomic E-state index is 12.9. The zero-order chi connectivity index (χ0) is 26.3. The van der Waals surface area contributed by atoms with E-state index in [-0.39, 0.29) is 23.1 Å². The maximum atomic E-state index is 12.9. The van der Waals surface area contributed by atoms with Gasteiger partial charge < -0.3 is 19.9 Å². The molecule has 0 radical (unpaired) electrons. The largest absolute Gasteiger partial charge is 0.494 e. The van der Waals surface area contributed by atoms with E-state index in [0.29, 0.717) is 43.2 Å². The fourth-order valence-corrected chi connectivity index (χ4v) is 5.26. The van der Waals surface area contributed by atoms with Gasteiger partial charge >= 0.3 is 0 Å². The van der Waals surface area contributed by atoms with Gasteiger partial charge in [0.1, 0.15) is 5.75 Å². The van der Waals surface area contributed by atoms with Crippen molar-refractivity contribution in [3.8, 4) is 5.75 Å². The van der Waals surface area contributed by atoms with Gasteiger partial charge in [0.05, 0.1) is 6.61 Å². The van der Waals surface area contributed by atoms with Crippen LogP contribution >= 0.6 is 11.6 Å². The number of anilines is 1. The van der Waals surface area contributed by atoms with Crippen LogP contribution in [0.5, 0.6) is 5.75 Å². The third-order valence-electron chi connectivity index (χ3n) is 7.21. The van der Waals surface area contributed by atoms with Crippen LogP contribution in [0, 0.1) is 5.41 Å². The molecular formula is C29H34ClN3O4. The number of piperidine rings is 1. The van der Waals surface area contributed by atoms with Gasteiger partial charge in [0.25, 0.3) is 0 Å². The number of nitrogens with zero attached hydrogens (tertiary/aromatic N) is 2. The molecule has 196 valence electrons. The van der Waals surface area contributed by atoms with Crippen LogP contribution in [0.25, 0.3) is 6.08 Å². The molecule has 0 unspecified atom stereocenters. The zero-order valence-corrected chi connectivity index (χ0v) is 22.0. The lowest BCUT2D eigenvalue weighted by Gasteiger charge is -2.39. The second-order valence-corrected chi connectivity index (χ2v) is 10.3. The predicted molar refractivity (Wildman–Crippen MR) is 145 cm³/mol. The maximum Gasteiger partial charge on any atom is 0.246 e. The van der Waals surface area contributed by atoms with Crippen LogP contribution in [0.4, 0.5) is 5.69 Å². The summed E-state index contributed by atoms with van der Waals surface area (Å²) in [5.41, 5.74) is 1.38. The van der Waals surface area contributed by atoms with Crippen molar-refractivity contribution in [2.45, 2.75) is 39.0 Å². The Morgan fingerprint density at radius 1 is 1.03 bits per heavy atom. The number of hydrogen-bond donors (Lipinski definition) is 1. The fourth-order valence-electron chi connectivity index (χ4n) is 5.09. The molecule has 2 aromatic carbocycles. The van der Waals surface area contributed by atoms with Crippen LogP contribution < -0.4 is 10.1 Å². The molecule has 2 aliphatic heterocycles. The van der Waals surface area contributed by atoms with Gasteiger partial charge in [0.2, 0.25) is 17.7 Å². The number of rotatable bonds is 8. The predicted octanol–water partition coefficient (Wildman–Crippen LogP) is 5.01. The van der Waals surface area contributed by atoms with Crippen LogP contribution in [-0.2, 0) is 14.4 Å². The van der Waals surface area contributed by atoms with Crippen molar-refractivity contribution < 1.29 is 19.1 Å². The Morgan fingerprint density at radius 3 is 2.43 bits per heavy atom. The van der Waals surface area contributed by atoms with Crippen molar-refractivity contribution in [2.75, 3.05) is 38.1 Å². The first-order valence-electron chi connectivity index (χ1n) is 12.8. The van der Waals surface area contributed by atoms with Crippen molar-refractivity contribution in [1.82, 2.24) is 9.80 Å². The molecule has 2 aromatic rings. The minimum Gasteiger partial charge on any atom is -0.494 e. The Labute approximate surface area is 223 Å². The minimum absolute atomic E-state index is 0.0440. The van der Waals surface area contributed by atoms with Crippen LogP contribution in [0.3, 0.4) is 0 Å². The summed E-state index contributed by atoms with van der Waals surface area (Å²) in [7, 11) is 0. The molecule has 2 aliphatic rings. The first-order chi connectivity index (χ1) is 17.8. The quantitative estimate of drug-likeness (QED) is 0.389. The van der Waals surface area contributed by atoms with Gasteiger partial charge in [-0.05, 0) is 67.0 Å². The molecule has 8 heteroatoms. The molecule has 1 spiro atoms. The second kappa shape index (κ2) is 12.3. The molecule has 0 saturated carbocycles. The Bertz CT molecular complexity index is 1140. The SMILES string of the molecule is CC(=O)Nc1cc(Cl)ccc1C=CC(=O)N1CCC2(CCN(C(=O)CCCOc3ccccc3)CC2)C1. The monoisotopic (exact) mass is 523 g/mol. The minimum atomic E-state index is -0.199. The molecule has 1 N–H and O–H groups in total. The Balaban J connectivity index is 1.23. The third kappa shape index (κ3) is 7.35. The van der Waals surface area contributed by atoms with Crippen molar-refractivity contribution in [3.63, 3.8) is 0 Å². The lowest BCUT2D eigenvalue weighted by atomic mass is 9.77. The number of amides is 3. The highest BCUT2D eigenvalue weighted by molar-refractivity contribution is 6.31. The molecule has 0 bridgehead atoms. The average molecular weight is 524 g/mol. The van der Waals surface area contributed by atoms with E-state index in [2.05, 4.69) is 5.32 Å². The number of benzene rings is 2. The number of para-hydroxylation sites is 1. The summed E-state index contributed by atoms with van der Waals surface area (Å²) < 4.78 is 5.69. The summed E-state index contributed by atoms with van der Waals surface area (Å²) in [6.07, 6.45) is 7.24. The number of ether oxygens (including phenoxy) is 1. The fraction of sp³-hybridized carbons (Fsp3) is 0.414. The standard InChI is InChI=1S/C29H34ClN3O4/c1-22(34)31-26-20-24(30)11-9-23(26)10-12-28(36)33-18-15-29(21-33)13-16-32(17-14-29)27(35)8-5-19-37-25-6-3-2-4-7-25/h2-4,6-7,9-12,20H,5,8,13-19,21H2,1H3,(H,31,34).